The van der Waals surface area contributed by atoms with Crippen LogP contribution in [-0.2, 0) is 20.2 Å². The van der Waals surface area contributed by atoms with Gasteiger partial charge >= 0.3 is 0 Å². The number of sulfonamides is 1. The maximum absolute atomic E-state index is 14.8. The SMILES string of the molecule is CCCCCCCCCCCCCCCCCCN1C(C(C(=O)Nc2cc(C(C)(C)C)ccc2OCCCOc2ccc3c(c2)OCO3)n2cc(O)cn2)=Nc2ccccc2S1(=O)=O. The lowest BCUT2D eigenvalue weighted by Crippen LogP contribution is -2.47. The van der Waals surface area contributed by atoms with Gasteiger partial charge in [0.15, 0.2) is 29.1 Å². The van der Waals surface area contributed by atoms with Crippen LogP contribution in [0.2, 0.25) is 0 Å². The van der Waals surface area contributed by atoms with E-state index in [2.05, 4.69) is 38.1 Å². The molecule has 0 aliphatic carbocycles. The molecule has 348 valence electrons. The highest BCUT2D eigenvalue weighted by Gasteiger charge is 2.41. The van der Waals surface area contributed by atoms with Gasteiger partial charge in [-0.25, -0.2) is 18.1 Å². The zero-order valence-electron chi connectivity index (χ0n) is 38.4. The maximum Gasteiger partial charge on any atom is 0.267 e. The van der Waals surface area contributed by atoms with Crippen LogP contribution in [0.25, 0.3) is 0 Å². The number of amidine groups is 1. The zero-order chi connectivity index (χ0) is 45.4. The van der Waals surface area contributed by atoms with Crippen molar-refractivity contribution in [2.75, 3.05) is 31.9 Å². The summed E-state index contributed by atoms with van der Waals surface area (Å²) in [7, 11) is -4.11. The third kappa shape index (κ3) is 13.4. The second-order valence-corrected chi connectivity index (χ2v) is 19.7. The number of carbonyl (C=O) groups excluding carboxylic acids is 1. The van der Waals surface area contributed by atoms with Crippen molar-refractivity contribution in [1.82, 2.24) is 14.1 Å². The normalized spacial score (nSPS) is 14.5. The second kappa shape index (κ2) is 23.6. The van der Waals surface area contributed by atoms with E-state index < -0.39 is 22.0 Å². The molecule has 2 aliphatic heterocycles. The molecular formula is C50H69N5O8S. The number of para-hydroxylation sites is 1. The summed E-state index contributed by atoms with van der Waals surface area (Å²) in [5.41, 5.74) is 1.32. The van der Waals surface area contributed by atoms with Crippen molar-refractivity contribution in [3.05, 3.63) is 78.6 Å². The minimum Gasteiger partial charge on any atom is -0.505 e. The Morgan fingerprint density at radius 2 is 1.44 bits per heavy atom. The lowest BCUT2D eigenvalue weighted by molar-refractivity contribution is -0.117. The summed E-state index contributed by atoms with van der Waals surface area (Å²) in [6, 6.07) is 16.3. The lowest BCUT2D eigenvalue weighted by Gasteiger charge is -2.33. The molecule has 6 rings (SSSR count). The van der Waals surface area contributed by atoms with Crippen LogP contribution in [0, 0.1) is 0 Å². The number of benzene rings is 3. The number of aliphatic imine (C=N–C) groups is 1. The van der Waals surface area contributed by atoms with Gasteiger partial charge in [-0.05, 0) is 53.8 Å². The van der Waals surface area contributed by atoms with Crippen LogP contribution in [0.15, 0.2) is 82.9 Å². The number of aromatic hydroxyl groups is 1. The van der Waals surface area contributed by atoms with E-state index in [1.54, 1.807) is 30.3 Å². The molecule has 1 unspecified atom stereocenters. The van der Waals surface area contributed by atoms with E-state index in [0.29, 0.717) is 48.1 Å². The van der Waals surface area contributed by atoms with Crippen LogP contribution < -0.4 is 24.3 Å². The largest absolute Gasteiger partial charge is 0.505 e. The Kier molecular flexibility index (Phi) is 17.8. The number of aromatic nitrogens is 2. The first kappa shape index (κ1) is 48.2. The summed E-state index contributed by atoms with van der Waals surface area (Å²) in [4.78, 5) is 19.7. The molecule has 64 heavy (non-hydrogen) atoms. The lowest BCUT2D eigenvalue weighted by atomic mass is 9.87. The van der Waals surface area contributed by atoms with Crippen LogP contribution in [0.5, 0.6) is 28.7 Å². The minimum atomic E-state index is -4.11. The van der Waals surface area contributed by atoms with Crippen LogP contribution in [-0.4, -0.2) is 65.9 Å². The van der Waals surface area contributed by atoms with Crippen molar-refractivity contribution < 1.29 is 37.3 Å². The van der Waals surface area contributed by atoms with Gasteiger partial charge in [0.05, 0.1) is 37.0 Å². The molecule has 0 spiro atoms. The minimum absolute atomic E-state index is 0.00429. The molecule has 0 radical (unpaired) electrons. The molecular weight excluding hydrogens is 831 g/mol. The van der Waals surface area contributed by atoms with E-state index in [9.17, 15) is 18.3 Å². The number of anilines is 1. The van der Waals surface area contributed by atoms with Gasteiger partial charge in [-0.15, -0.1) is 0 Å². The summed E-state index contributed by atoms with van der Waals surface area (Å²) in [6.45, 7) is 9.46. The fourth-order valence-corrected chi connectivity index (χ4v) is 9.69. The first-order valence-corrected chi connectivity index (χ1v) is 24.9. The predicted octanol–water partition coefficient (Wildman–Crippen LogP) is 11.6. The molecule has 13 nitrogen and oxygen atoms in total. The molecule has 1 amide bonds. The van der Waals surface area contributed by atoms with Crippen molar-refractivity contribution in [2.45, 2.75) is 153 Å². The third-order valence-corrected chi connectivity index (χ3v) is 13.6. The molecule has 14 heteroatoms. The molecule has 2 aliphatic rings. The Balaban J connectivity index is 1.11. The molecule has 3 heterocycles. The predicted molar refractivity (Wildman–Crippen MR) is 252 cm³/mol. The van der Waals surface area contributed by atoms with E-state index in [4.69, 9.17) is 23.9 Å². The number of ether oxygens (including phenoxy) is 4. The van der Waals surface area contributed by atoms with Crippen LogP contribution in [0.1, 0.15) is 148 Å². The quantitative estimate of drug-likeness (QED) is 0.0557. The first-order valence-electron chi connectivity index (χ1n) is 23.5. The van der Waals surface area contributed by atoms with E-state index in [0.717, 1.165) is 24.8 Å². The highest BCUT2D eigenvalue weighted by atomic mass is 32.2. The van der Waals surface area contributed by atoms with Gasteiger partial charge in [-0.2, -0.15) is 5.10 Å². The standard InChI is InChI=1S/C50H69N5O8S/c1-5-6-7-8-9-10-11-12-13-14-15-16-17-18-19-22-30-55-48(52-41-24-20-21-25-46(41)64(55,58)59)47(54-36-39(56)35-51-54)49(57)53-42-33-38(50(2,3)4)26-28-43(42)61-32-23-31-60-40-27-29-44-45(34-40)63-37-62-44/h20-21,24-29,33-36,47,56H,5-19,22-23,30-32,37H2,1-4H3,(H,53,57). The Hall–Kier alpha value is -5.24. The number of carbonyl (C=O) groups is 1. The monoisotopic (exact) mass is 899 g/mol. The summed E-state index contributed by atoms with van der Waals surface area (Å²) in [6.07, 6.45) is 22.3. The maximum atomic E-state index is 14.8. The summed E-state index contributed by atoms with van der Waals surface area (Å²) >= 11 is 0. The van der Waals surface area contributed by atoms with Gasteiger partial charge in [0.25, 0.3) is 15.9 Å². The number of unbranched alkanes of at least 4 members (excludes halogenated alkanes) is 15. The number of nitrogens with one attached hydrogen (secondary N) is 1. The van der Waals surface area contributed by atoms with E-state index in [-0.39, 0.29) is 47.5 Å². The van der Waals surface area contributed by atoms with E-state index in [1.165, 1.54) is 98.4 Å². The summed E-state index contributed by atoms with van der Waals surface area (Å²) < 4.78 is 54.4. The number of hydrogen-bond donors (Lipinski definition) is 2. The van der Waals surface area contributed by atoms with Crippen molar-refractivity contribution in [3.8, 4) is 28.7 Å². The molecule has 0 fully saturated rings. The van der Waals surface area contributed by atoms with Crippen LogP contribution in [0.4, 0.5) is 11.4 Å². The average molecular weight is 900 g/mol. The Labute approximate surface area is 380 Å². The number of fused-ring (bicyclic) bond motifs is 2. The molecule has 0 saturated heterocycles. The smallest absolute Gasteiger partial charge is 0.267 e. The average Bonchev–Trinajstić information content (AvgIpc) is 3.93. The summed E-state index contributed by atoms with van der Waals surface area (Å²) in [5, 5.41) is 17.8. The Morgan fingerprint density at radius 1 is 0.797 bits per heavy atom. The van der Waals surface area contributed by atoms with E-state index >= 15 is 0 Å². The Morgan fingerprint density at radius 3 is 2.09 bits per heavy atom. The first-order chi connectivity index (χ1) is 31.0. The van der Waals surface area contributed by atoms with Gasteiger partial charge in [0, 0.05) is 19.0 Å². The highest BCUT2D eigenvalue weighted by molar-refractivity contribution is 7.90. The second-order valence-electron chi connectivity index (χ2n) is 17.9. The van der Waals surface area contributed by atoms with Crippen LogP contribution in [0.3, 0.4) is 0 Å². The van der Waals surface area contributed by atoms with Gasteiger partial charge < -0.3 is 29.4 Å². The molecule has 1 atom stereocenters. The zero-order valence-corrected chi connectivity index (χ0v) is 39.2. The van der Waals surface area contributed by atoms with Crippen molar-refractivity contribution >= 4 is 33.1 Å². The fourth-order valence-electron chi connectivity index (χ4n) is 8.07. The topological polar surface area (TPSA) is 154 Å². The van der Waals surface area contributed by atoms with Gasteiger partial charge in [-0.1, -0.05) is 142 Å². The van der Waals surface area contributed by atoms with Crippen molar-refractivity contribution in [2.24, 2.45) is 4.99 Å². The van der Waals surface area contributed by atoms with Gasteiger partial charge in [-0.3, -0.25) is 9.10 Å². The molecule has 1 aromatic heterocycles. The number of amides is 1. The molecule has 4 aromatic rings. The number of hydrogen-bond acceptors (Lipinski definition) is 10. The number of nitrogens with zero attached hydrogens (tertiary/aromatic N) is 4. The van der Waals surface area contributed by atoms with Crippen molar-refractivity contribution in [1.29, 1.82) is 0 Å². The highest BCUT2D eigenvalue weighted by Crippen LogP contribution is 2.38. The molecule has 2 N–H and O–H groups in total. The fraction of sp³-hybridized carbons (Fsp3) is 0.540. The number of rotatable bonds is 27. The van der Waals surface area contributed by atoms with E-state index in [1.807, 2.05) is 30.3 Å². The molecule has 3 aromatic carbocycles. The molecule has 0 bridgehead atoms. The molecule has 0 saturated carbocycles. The van der Waals surface area contributed by atoms with Gasteiger partial charge in [0.1, 0.15) is 16.4 Å². The Bertz CT molecular complexity index is 2250. The van der Waals surface area contributed by atoms with Crippen LogP contribution >= 0.6 is 0 Å². The summed E-state index contributed by atoms with van der Waals surface area (Å²) in [5.74, 6) is 1.62. The van der Waals surface area contributed by atoms with Gasteiger partial charge in [0.2, 0.25) is 6.79 Å². The third-order valence-electron chi connectivity index (χ3n) is 11.7. The van der Waals surface area contributed by atoms with Crippen molar-refractivity contribution in [3.63, 3.8) is 0 Å².